The summed E-state index contributed by atoms with van der Waals surface area (Å²) in [5.41, 5.74) is 3.62. The second kappa shape index (κ2) is 9.08. The van der Waals surface area contributed by atoms with Crippen molar-refractivity contribution in [2.24, 2.45) is 0 Å². The van der Waals surface area contributed by atoms with E-state index in [1.807, 2.05) is 24.3 Å². The molecule has 3 rings (SSSR count). The molecule has 144 valence electrons. The average Bonchev–Trinajstić information content (AvgIpc) is 2.72. The third-order valence-electron chi connectivity index (χ3n) is 4.50. The zero-order chi connectivity index (χ0) is 19.9. The molecule has 0 unspecified atom stereocenters. The van der Waals surface area contributed by atoms with Crippen molar-refractivity contribution in [2.75, 3.05) is 0 Å². The lowest BCUT2D eigenvalue weighted by Gasteiger charge is -2.09. The third-order valence-corrected chi connectivity index (χ3v) is 4.50. The van der Waals surface area contributed by atoms with E-state index in [9.17, 15) is 9.59 Å². The Hall–Kier alpha value is -3.28. The van der Waals surface area contributed by atoms with E-state index in [2.05, 4.69) is 41.4 Å². The number of amides is 1. The van der Waals surface area contributed by atoms with E-state index < -0.39 is 0 Å². The minimum absolute atomic E-state index is 0.135. The lowest BCUT2D eigenvalue weighted by molar-refractivity contribution is -0.121. The number of pyridine rings is 1. The number of nitrogens with zero attached hydrogens (tertiary/aromatic N) is 3. The number of aryl methyl sites for hydroxylation is 1. The molecule has 0 radical (unpaired) electrons. The second-order valence-electron chi connectivity index (χ2n) is 6.94. The predicted octanol–water partition coefficient (Wildman–Crippen LogP) is 3.14. The molecule has 6 heteroatoms. The van der Waals surface area contributed by atoms with Gasteiger partial charge in [0.1, 0.15) is 0 Å². The molecule has 0 fully saturated rings. The first-order valence-electron chi connectivity index (χ1n) is 9.37. The van der Waals surface area contributed by atoms with Crippen LogP contribution in [0.25, 0.3) is 11.3 Å². The van der Waals surface area contributed by atoms with Gasteiger partial charge in [0, 0.05) is 37.0 Å². The second-order valence-corrected chi connectivity index (χ2v) is 6.94. The fraction of sp³-hybridized carbons (Fsp3) is 0.273. The van der Waals surface area contributed by atoms with Crippen molar-refractivity contribution in [2.45, 2.75) is 39.3 Å². The number of hydrogen-bond acceptors (Lipinski definition) is 4. The molecule has 2 heterocycles. The van der Waals surface area contributed by atoms with Gasteiger partial charge in [0.25, 0.3) is 5.56 Å². The maximum atomic E-state index is 12.1. The summed E-state index contributed by atoms with van der Waals surface area (Å²) >= 11 is 0. The van der Waals surface area contributed by atoms with E-state index in [-0.39, 0.29) is 24.4 Å². The molecule has 0 saturated heterocycles. The summed E-state index contributed by atoms with van der Waals surface area (Å²) in [7, 11) is 0. The summed E-state index contributed by atoms with van der Waals surface area (Å²) in [5, 5.41) is 7.25. The molecular formula is C22H24N4O2. The highest BCUT2D eigenvalue weighted by Crippen LogP contribution is 2.20. The van der Waals surface area contributed by atoms with Crippen molar-refractivity contribution < 1.29 is 4.79 Å². The highest BCUT2D eigenvalue weighted by atomic mass is 16.2. The van der Waals surface area contributed by atoms with Crippen LogP contribution < -0.4 is 10.9 Å². The zero-order valence-electron chi connectivity index (χ0n) is 16.1. The Labute approximate surface area is 164 Å². The van der Waals surface area contributed by atoms with Crippen LogP contribution in [0.2, 0.25) is 0 Å². The summed E-state index contributed by atoms with van der Waals surface area (Å²) in [6.45, 7) is 4.94. The Balaban J connectivity index is 1.63. The standard InChI is InChI=1S/C22H24N4O2/c1-16(2)18-5-7-19(8-6-18)20-9-10-22(28)26(25-20)13-11-21(27)24-15-17-4-3-12-23-14-17/h3-10,12,14,16H,11,13,15H2,1-2H3,(H,24,27). The summed E-state index contributed by atoms with van der Waals surface area (Å²) < 4.78 is 1.34. The molecule has 1 N–H and O–H groups in total. The molecule has 1 aromatic carbocycles. The molecule has 2 aromatic heterocycles. The Kier molecular flexibility index (Phi) is 6.32. The third kappa shape index (κ3) is 5.13. The first kappa shape index (κ1) is 19.5. The number of rotatable bonds is 7. The van der Waals surface area contributed by atoms with Crippen LogP contribution >= 0.6 is 0 Å². The van der Waals surface area contributed by atoms with Crippen LogP contribution in [0.1, 0.15) is 37.3 Å². The largest absolute Gasteiger partial charge is 0.352 e. The molecule has 0 aliphatic carbocycles. The van der Waals surface area contributed by atoms with Crippen molar-refractivity contribution in [3.05, 3.63) is 82.4 Å². The first-order valence-corrected chi connectivity index (χ1v) is 9.37. The van der Waals surface area contributed by atoms with Crippen LogP contribution in [0.3, 0.4) is 0 Å². The van der Waals surface area contributed by atoms with Crippen LogP contribution in [0.4, 0.5) is 0 Å². The molecule has 0 spiro atoms. The fourth-order valence-corrected chi connectivity index (χ4v) is 2.80. The van der Waals surface area contributed by atoms with Gasteiger partial charge in [0.05, 0.1) is 12.2 Å². The Morgan fingerprint density at radius 2 is 1.89 bits per heavy atom. The zero-order valence-corrected chi connectivity index (χ0v) is 16.1. The van der Waals surface area contributed by atoms with Gasteiger partial charge in [-0.05, 0) is 29.2 Å². The molecule has 0 aliphatic rings. The van der Waals surface area contributed by atoms with E-state index in [1.54, 1.807) is 18.5 Å². The minimum Gasteiger partial charge on any atom is -0.352 e. The van der Waals surface area contributed by atoms with E-state index in [0.29, 0.717) is 18.2 Å². The molecule has 0 aliphatic heterocycles. The summed E-state index contributed by atoms with van der Waals surface area (Å²) in [6, 6.07) is 15.1. The van der Waals surface area contributed by atoms with Gasteiger partial charge in [-0.15, -0.1) is 0 Å². The molecule has 0 bridgehead atoms. The van der Waals surface area contributed by atoms with Crippen LogP contribution in [-0.4, -0.2) is 20.7 Å². The summed E-state index contributed by atoms with van der Waals surface area (Å²) in [4.78, 5) is 28.2. The quantitative estimate of drug-likeness (QED) is 0.687. The Morgan fingerprint density at radius 3 is 2.57 bits per heavy atom. The Morgan fingerprint density at radius 1 is 1.11 bits per heavy atom. The molecule has 3 aromatic rings. The highest BCUT2D eigenvalue weighted by molar-refractivity contribution is 5.75. The molecule has 0 saturated carbocycles. The van der Waals surface area contributed by atoms with Gasteiger partial charge in [-0.1, -0.05) is 44.2 Å². The molecule has 1 amide bonds. The first-order chi connectivity index (χ1) is 13.5. The van der Waals surface area contributed by atoms with Crippen LogP contribution in [0, 0.1) is 0 Å². The SMILES string of the molecule is CC(C)c1ccc(-c2ccc(=O)n(CCC(=O)NCc3cccnc3)n2)cc1. The number of aromatic nitrogens is 3. The van der Waals surface area contributed by atoms with Gasteiger partial charge in [-0.25, -0.2) is 4.68 Å². The van der Waals surface area contributed by atoms with E-state index >= 15 is 0 Å². The predicted molar refractivity (Wildman–Crippen MR) is 109 cm³/mol. The maximum absolute atomic E-state index is 12.1. The monoisotopic (exact) mass is 376 g/mol. The van der Waals surface area contributed by atoms with Crippen molar-refractivity contribution >= 4 is 5.91 Å². The van der Waals surface area contributed by atoms with Gasteiger partial charge < -0.3 is 5.32 Å². The van der Waals surface area contributed by atoms with E-state index in [4.69, 9.17) is 0 Å². The summed E-state index contributed by atoms with van der Waals surface area (Å²) in [6.07, 6.45) is 3.58. The van der Waals surface area contributed by atoms with Crippen molar-refractivity contribution in [3.8, 4) is 11.3 Å². The normalized spacial score (nSPS) is 10.8. The van der Waals surface area contributed by atoms with Gasteiger partial charge in [0.15, 0.2) is 0 Å². The van der Waals surface area contributed by atoms with Gasteiger partial charge in [-0.3, -0.25) is 14.6 Å². The number of nitrogens with one attached hydrogen (secondary N) is 1. The number of carbonyl (C=O) groups is 1. The van der Waals surface area contributed by atoms with Crippen molar-refractivity contribution in [1.82, 2.24) is 20.1 Å². The van der Waals surface area contributed by atoms with Crippen LogP contribution in [0.15, 0.2) is 65.7 Å². The van der Waals surface area contributed by atoms with Crippen molar-refractivity contribution in [1.29, 1.82) is 0 Å². The molecule has 0 atom stereocenters. The fourth-order valence-electron chi connectivity index (χ4n) is 2.80. The van der Waals surface area contributed by atoms with E-state index in [1.165, 1.54) is 16.3 Å². The van der Waals surface area contributed by atoms with Gasteiger partial charge in [0.2, 0.25) is 5.91 Å². The van der Waals surface area contributed by atoms with Gasteiger partial charge in [-0.2, -0.15) is 5.10 Å². The van der Waals surface area contributed by atoms with Crippen LogP contribution in [-0.2, 0) is 17.9 Å². The topological polar surface area (TPSA) is 76.9 Å². The number of hydrogen-bond donors (Lipinski definition) is 1. The average molecular weight is 376 g/mol. The van der Waals surface area contributed by atoms with Crippen molar-refractivity contribution in [3.63, 3.8) is 0 Å². The molecule has 6 nitrogen and oxygen atoms in total. The lowest BCUT2D eigenvalue weighted by Crippen LogP contribution is -2.28. The van der Waals surface area contributed by atoms with Gasteiger partial charge >= 0.3 is 0 Å². The smallest absolute Gasteiger partial charge is 0.266 e. The minimum atomic E-state index is -0.220. The molecule has 28 heavy (non-hydrogen) atoms. The number of carbonyl (C=O) groups excluding carboxylic acids is 1. The lowest BCUT2D eigenvalue weighted by atomic mass is 10.0. The number of benzene rings is 1. The Bertz CT molecular complexity index is 979. The maximum Gasteiger partial charge on any atom is 0.266 e. The van der Waals surface area contributed by atoms with Crippen LogP contribution in [0.5, 0.6) is 0 Å². The molecular weight excluding hydrogens is 352 g/mol. The highest BCUT2D eigenvalue weighted by Gasteiger charge is 2.07. The summed E-state index contributed by atoms with van der Waals surface area (Å²) in [5.74, 6) is 0.324. The van der Waals surface area contributed by atoms with E-state index in [0.717, 1.165) is 11.1 Å².